The first-order chi connectivity index (χ1) is 22.9. The van der Waals surface area contributed by atoms with Crippen LogP contribution in [-0.2, 0) is 0 Å². The van der Waals surface area contributed by atoms with Crippen LogP contribution in [0.15, 0.2) is 146 Å². The monoisotopic (exact) mass is 588 g/mol. The van der Waals surface area contributed by atoms with Gasteiger partial charge in [-0.05, 0) is 30.3 Å². The number of hydrogen-bond donors (Lipinski definition) is 0. The summed E-state index contributed by atoms with van der Waals surface area (Å²) in [5.41, 5.74) is 9.03. The van der Waals surface area contributed by atoms with Crippen molar-refractivity contribution in [2.45, 2.75) is 0 Å². The van der Waals surface area contributed by atoms with Gasteiger partial charge in [0.2, 0.25) is 5.95 Å². The molecule has 4 heterocycles. The Morgan fingerprint density at radius 2 is 1.09 bits per heavy atom. The van der Waals surface area contributed by atoms with Crippen molar-refractivity contribution >= 4 is 65.4 Å². The largest absolute Gasteiger partial charge is 0.307 e. The Morgan fingerprint density at radius 1 is 0.478 bits per heavy atom. The van der Waals surface area contributed by atoms with Crippen molar-refractivity contribution in [3.63, 3.8) is 0 Å². The van der Waals surface area contributed by atoms with Crippen molar-refractivity contribution in [2.75, 3.05) is 0 Å². The number of fused-ring (bicyclic) bond motifs is 11. The average molecular weight is 589 g/mol. The Balaban J connectivity index is 1.50. The maximum atomic E-state index is 5.37. The van der Waals surface area contributed by atoms with E-state index in [9.17, 15) is 0 Å². The Hall–Kier alpha value is -6.40. The van der Waals surface area contributed by atoms with E-state index in [2.05, 4.69) is 129 Å². The predicted molar refractivity (Wildman–Crippen MR) is 187 cm³/mol. The van der Waals surface area contributed by atoms with E-state index in [1.54, 1.807) is 6.33 Å². The van der Waals surface area contributed by atoms with E-state index in [0.29, 0.717) is 5.95 Å². The van der Waals surface area contributed by atoms with Crippen LogP contribution in [0.2, 0.25) is 0 Å². The Kier molecular flexibility index (Phi) is 5.19. The second-order valence-corrected chi connectivity index (χ2v) is 11.5. The van der Waals surface area contributed by atoms with Gasteiger partial charge in [0.05, 0.1) is 38.8 Å². The predicted octanol–water partition coefficient (Wildman–Crippen LogP) is 9.43. The second-order valence-electron chi connectivity index (χ2n) is 11.5. The maximum Gasteiger partial charge on any atom is 0.235 e. The molecule has 0 atom stereocenters. The van der Waals surface area contributed by atoms with E-state index >= 15 is 0 Å². The lowest BCUT2D eigenvalue weighted by molar-refractivity contribution is 1.01. The summed E-state index contributed by atoms with van der Waals surface area (Å²) in [6, 6.07) is 46.3. The van der Waals surface area contributed by atoms with Gasteiger partial charge in [-0.25, -0.2) is 19.9 Å². The molecule has 6 heteroatoms. The second kappa shape index (κ2) is 9.55. The van der Waals surface area contributed by atoms with E-state index < -0.39 is 0 Å². The molecular formula is C40H24N6. The van der Waals surface area contributed by atoms with Gasteiger partial charge in [0.25, 0.3) is 0 Å². The molecule has 0 radical (unpaired) electrons. The van der Waals surface area contributed by atoms with Crippen LogP contribution in [0.25, 0.3) is 88.3 Å². The quantitative estimate of drug-likeness (QED) is 0.206. The summed E-state index contributed by atoms with van der Waals surface area (Å²) in [5, 5.41) is 6.42. The molecule has 0 N–H and O–H groups in total. The Labute approximate surface area is 262 Å². The van der Waals surface area contributed by atoms with Crippen LogP contribution in [0, 0.1) is 0 Å². The smallest absolute Gasteiger partial charge is 0.235 e. The average Bonchev–Trinajstić information content (AvgIpc) is 3.66. The van der Waals surface area contributed by atoms with E-state index in [4.69, 9.17) is 15.0 Å². The number of hydrogen-bond acceptors (Lipinski definition) is 4. The summed E-state index contributed by atoms with van der Waals surface area (Å²) < 4.78 is 4.61. The van der Waals surface area contributed by atoms with Crippen molar-refractivity contribution in [1.82, 2.24) is 29.1 Å². The van der Waals surface area contributed by atoms with Gasteiger partial charge in [-0.15, -0.1) is 0 Å². The van der Waals surface area contributed by atoms with Gasteiger partial charge in [-0.1, -0.05) is 103 Å². The molecule has 10 aromatic rings. The highest BCUT2D eigenvalue weighted by Gasteiger charge is 2.26. The Morgan fingerprint density at radius 3 is 1.87 bits per heavy atom. The molecule has 46 heavy (non-hydrogen) atoms. The zero-order valence-corrected chi connectivity index (χ0v) is 24.5. The fraction of sp³-hybridized carbons (Fsp3) is 0. The van der Waals surface area contributed by atoms with Gasteiger partial charge >= 0.3 is 0 Å². The van der Waals surface area contributed by atoms with Crippen molar-refractivity contribution < 1.29 is 0 Å². The molecule has 214 valence electrons. The molecule has 0 fully saturated rings. The number of nitrogens with zero attached hydrogens (tertiary/aromatic N) is 6. The van der Waals surface area contributed by atoms with Gasteiger partial charge in [0, 0.05) is 49.8 Å². The molecule has 0 saturated carbocycles. The van der Waals surface area contributed by atoms with Crippen molar-refractivity contribution in [3.05, 3.63) is 146 Å². The fourth-order valence-corrected chi connectivity index (χ4v) is 7.19. The van der Waals surface area contributed by atoms with Crippen LogP contribution in [-0.4, -0.2) is 29.1 Å². The molecule has 0 amide bonds. The third-order valence-corrected chi connectivity index (χ3v) is 9.05. The van der Waals surface area contributed by atoms with Crippen LogP contribution in [0.4, 0.5) is 0 Å². The zero-order chi connectivity index (χ0) is 30.2. The van der Waals surface area contributed by atoms with E-state index in [0.717, 1.165) is 82.4 Å². The van der Waals surface area contributed by atoms with Crippen LogP contribution >= 0.6 is 0 Å². The van der Waals surface area contributed by atoms with E-state index in [1.807, 2.05) is 24.4 Å². The minimum Gasteiger partial charge on any atom is -0.307 e. The molecule has 0 bridgehead atoms. The van der Waals surface area contributed by atoms with Gasteiger partial charge in [0.15, 0.2) is 0 Å². The SMILES string of the molecule is c1ccc(-c2nc(-n3c4ccccc4c4c5ncncc5c5c6ccccc6n(-c6ccccc6)c5c43)nc3ccccc23)cc1. The number of rotatable bonds is 3. The summed E-state index contributed by atoms with van der Waals surface area (Å²) in [7, 11) is 0. The molecular weight excluding hydrogens is 564 g/mol. The van der Waals surface area contributed by atoms with E-state index in [-0.39, 0.29) is 0 Å². The van der Waals surface area contributed by atoms with E-state index in [1.165, 1.54) is 0 Å². The normalized spacial score (nSPS) is 11.9. The van der Waals surface area contributed by atoms with Gasteiger partial charge in [-0.2, -0.15) is 0 Å². The first-order valence-electron chi connectivity index (χ1n) is 15.3. The molecule has 4 aromatic heterocycles. The molecule has 6 nitrogen and oxygen atoms in total. The minimum atomic E-state index is 0.614. The molecule has 0 spiro atoms. The maximum absolute atomic E-state index is 5.37. The molecule has 6 aromatic carbocycles. The number of benzene rings is 6. The third kappa shape index (κ3) is 3.41. The molecule has 0 saturated heterocycles. The van der Waals surface area contributed by atoms with Crippen molar-refractivity contribution in [2.24, 2.45) is 0 Å². The Bertz CT molecular complexity index is 2800. The van der Waals surface area contributed by atoms with Crippen molar-refractivity contribution in [3.8, 4) is 22.9 Å². The van der Waals surface area contributed by atoms with Crippen LogP contribution in [0.3, 0.4) is 0 Å². The summed E-state index contributed by atoms with van der Waals surface area (Å²) in [6.45, 7) is 0. The van der Waals surface area contributed by atoms with Gasteiger partial charge < -0.3 is 4.57 Å². The fourth-order valence-electron chi connectivity index (χ4n) is 7.19. The molecule has 0 aliphatic rings. The van der Waals surface area contributed by atoms with Gasteiger partial charge in [-0.3, -0.25) is 4.57 Å². The van der Waals surface area contributed by atoms with Crippen LogP contribution < -0.4 is 0 Å². The first-order valence-corrected chi connectivity index (χ1v) is 15.3. The van der Waals surface area contributed by atoms with Crippen LogP contribution in [0.5, 0.6) is 0 Å². The van der Waals surface area contributed by atoms with Gasteiger partial charge in [0.1, 0.15) is 6.33 Å². The summed E-state index contributed by atoms with van der Waals surface area (Å²) in [4.78, 5) is 20.1. The first kappa shape index (κ1) is 25.0. The highest BCUT2D eigenvalue weighted by Crippen LogP contribution is 2.45. The topological polar surface area (TPSA) is 61.4 Å². The highest BCUT2D eigenvalue weighted by molar-refractivity contribution is 6.35. The molecule has 0 unspecified atom stereocenters. The lowest BCUT2D eigenvalue weighted by atomic mass is 10.0. The van der Waals surface area contributed by atoms with Crippen molar-refractivity contribution in [1.29, 1.82) is 0 Å². The molecule has 10 rings (SSSR count). The zero-order valence-electron chi connectivity index (χ0n) is 24.5. The summed E-state index contributed by atoms with van der Waals surface area (Å²) in [5.74, 6) is 0.614. The third-order valence-electron chi connectivity index (χ3n) is 9.05. The molecule has 0 aliphatic heterocycles. The summed E-state index contributed by atoms with van der Waals surface area (Å²) >= 11 is 0. The number of para-hydroxylation sites is 4. The summed E-state index contributed by atoms with van der Waals surface area (Å²) in [6.07, 6.45) is 3.61. The minimum absolute atomic E-state index is 0.614. The lowest BCUT2D eigenvalue weighted by Gasteiger charge is -2.14. The standard InChI is InChI=1S/C40H24N6/c1-3-13-25(14-4-1)36-27-17-7-10-20-31(27)43-40(44-36)46-33-22-12-9-19-29(33)35-37-30(23-41-24-42-37)34-28-18-8-11-21-32(28)45(38(34)39(35)46)26-15-5-2-6-16-26/h1-24H. The highest BCUT2D eigenvalue weighted by atomic mass is 15.2. The molecule has 0 aliphatic carbocycles. The van der Waals surface area contributed by atoms with Crippen LogP contribution in [0.1, 0.15) is 0 Å². The number of aromatic nitrogens is 6. The lowest BCUT2D eigenvalue weighted by Crippen LogP contribution is -2.05.